The summed E-state index contributed by atoms with van der Waals surface area (Å²) in [6.07, 6.45) is 3.45. The minimum atomic E-state index is 0.990. The third kappa shape index (κ3) is 3.11. The molecule has 2 aliphatic heterocycles. The van der Waals surface area contributed by atoms with Crippen molar-refractivity contribution in [2.75, 3.05) is 45.8 Å². The van der Waals surface area contributed by atoms with Crippen LogP contribution in [0.1, 0.15) is 19.3 Å². The zero-order valence-electron chi connectivity index (χ0n) is 10.1. The van der Waals surface area contributed by atoms with Crippen LogP contribution in [0.15, 0.2) is 4.99 Å². The Morgan fingerprint density at radius 1 is 1.25 bits per heavy atom. The van der Waals surface area contributed by atoms with Crippen LogP contribution in [-0.4, -0.2) is 61.6 Å². The van der Waals surface area contributed by atoms with Crippen LogP contribution < -0.4 is 5.32 Å². The molecule has 92 valence electrons. The summed E-state index contributed by atoms with van der Waals surface area (Å²) in [5.41, 5.74) is 0. The summed E-state index contributed by atoms with van der Waals surface area (Å²) in [5, 5.41) is 3.39. The first-order chi connectivity index (χ1) is 7.90. The van der Waals surface area contributed by atoms with E-state index in [1.165, 1.54) is 32.5 Å². The number of guanidine groups is 1. The largest absolute Gasteiger partial charge is 0.356 e. The van der Waals surface area contributed by atoms with E-state index in [0.29, 0.717) is 0 Å². The molecule has 0 amide bonds. The van der Waals surface area contributed by atoms with E-state index in [1.54, 1.807) is 0 Å². The molecule has 0 spiro atoms. The fourth-order valence-electron chi connectivity index (χ4n) is 2.25. The van der Waals surface area contributed by atoms with E-state index in [4.69, 9.17) is 0 Å². The van der Waals surface area contributed by atoms with Gasteiger partial charge in [-0.1, -0.05) is 6.42 Å². The molecule has 2 heterocycles. The molecule has 1 N–H and O–H groups in total. The Morgan fingerprint density at radius 2 is 2.06 bits per heavy atom. The number of nitrogens with zero attached hydrogens (tertiary/aromatic N) is 3. The Morgan fingerprint density at radius 3 is 2.69 bits per heavy atom. The van der Waals surface area contributed by atoms with Gasteiger partial charge < -0.3 is 17.1 Å². The van der Waals surface area contributed by atoms with Crippen LogP contribution in [0.4, 0.5) is 0 Å². The average Bonchev–Trinajstić information content (AvgIpc) is 2.38. The second-order valence-corrected chi connectivity index (χ2v) is 4.52. The lowest BCUT2D eigenvalue weighted by Gasteiger charge is -2.37. The number of hydrogen-bond donors (Lipinski definition) is 1. The Hall–Kier alpha value is -0.770. The number of unbranched alkanes of at least 4 members (excludes halogenated alkanes) is 1. The SMILES string of the molecule is [CH2-]CCCN1CCN(C2=NCCCN2)CC1. The average molecular weight is 223 g/mol. The summed E-state index contributed by atoms with van der Waals surface area (Å²) in [5.74, 6) is 1.13. The van der Waals surface area contributed by atoms with Crippen LogP contribution in [0.5, 0.6) is 0 Å². The maximum atomic E-state index is 4.54. The lowest BCUT2D eigenvalue weighted by molar-refractivity contribution is 0.177. The highest BCUT2D eigenvalue weighted by atomic mass is 15.3. The van der Waals surface area contributed by atoms with E-state index in [0.717, 1.165) is 38.6 Å². The van der Waals surface area contributed by atoms with Crippen molar-refractivity contribution >= 4 is 5.96 Å². The number of piperazine rings is 1. The number of hydrogen-bond acceptors (Lipinski definition) is 4. The second kappa shape index (κ2) is 6.09. The number of aliphatic imine (C=N–C) groups is 1. The van der Waals surface area contributed by atoms with Crippen molar-refractivity contribution in [3.8, 4) is 0 Å². The van der Waals surface area contributed by atoms with E-state index in [9.17, 15) is 0 Å². The molecule has 2 rings (SSSR count). The molecule has 0 unspecified atom stereocenters. The van der Waals surface area contributed by atoms with Crippen molar-refractivity contribution in [2.24, 2.45) is 4.99 Å². The number of nitrogens with one attached hydrogen (secondary N) is 1. The highest BCUT2D eigenvalue weighted by Crippen LogP contribution is 2.05. The van der Waals surface area contributed by atoms with Crippen LogP contribution in [0, 0.1) is 6.92 Å². The molecule has 0 aromatic rings. The standard InChI is InChI=1S/C12H23N4/c1-2-3-7-15-8-10-16(11-9-15)12-13-5-4-6-14-12/h1-11H2,(H,13,14)/q-1. The van der Waals surface area contributed by atoms with E-state index in [-0.39, 0.29) is 0 Å². The second-order valence-electron chi connectivity index (χ2n) is 4.52. The van der Waals surface area contributed by atoms with Crippen LogP contribution in [0.25, 0.3) is 0 Å². The molecule has 0 bridgehead atoms. The molecule has 16 heavy (non-hydrogen) atoms. The van der Waals surface area contributed by atoms with Crippen molar-refractivity contribution in [2.45, 2.75) is 19.3 Å². The third-order valence-corrected chi connectivity index (χ3v) is 3.28. The first-order valence-electron chi connectivity index (χ1n) is 6.45. The molecular weight excluding hydrogens is 200 g/mol. The van der Waals surface area contributed by atoms with E-state index in [2.05, 4.69) is 27.0 Å². The third-order valence-electron chi connectivity index (χ3n) is 3.28. The zero-order chi connectivity index (χ0) is 11.2. The summed E-state index contributed by atoms with van der Waals surface area (Å²) in [7, 11) is 0. The molecular formula is C12H23N4-. The Balaban J connectivity index is 1.74. The minimum Gasteiger partial charge on any atom is -0.356 e. The Bertz CT molecular complexity index is 231. The van der Waals surface area contributed by atoms with Crippen LogP contribution >= 0.6 is 0 Å². The van der Waals surface area contributed by atoms with Crippen LogP contribution in [0.3, 0.4) is 0 Å². The zero-order valence-corrected chi connectivity index (χ0v) is 10.1. The first-order valence-corrected chi connectivity index (χ1v) is 6.45. The Labute approximate surface area is 98.7 Å². The summed E-state index contributed by atoms with van der Waals surface area (Å²) in [4.78, 5) is 9.46. The van der Waals surface area contributed by atoms with Gasteiger partial charge in [0.25, 0.3) is 0 Å². The topological polar surface area (TPSA) is 30.9 Å². The lowest BCUT2D eigenvalue weighted by atomic mass is 10.2. The minimum absolute atomic E-state index is 0.990. The van der Waals surface area contributed by atoms with Gasteiger partial charge in [-0.2, -0.15) is 6.42 Å². The van der Waals surface area contributed by atoms with Gasteiger partial charge in [0.15, 0.2) is 5.96 Å². The maximum Gasteiger partial charge on any atom is 0.194 e. The van der Waals surface area contributed by atoms with Gasteiger partial charge in [-0.25, -0.2) is 0 Å². The van der Waals surface area contributed by atoms with E-state index >= 15 is 0 Å². The summed E-state index contributed by atoms with van der Waals surface area (Å²) in [6.45, 7) is 11.7. The van der Waals surface area contributed by atoms with Crippen LogP contribution in [-0.2, 0) is 0 Å². The molecule has 0 aromatic heterocycles. The van der Waals surface area contributed by atoms with Gasteiger partial charge in [-0.15, -0.1) is 0 Å². The number of rotatable bonds is 3. The maximum absolute atomic E-state index is 4.54. The molecule has 0 atom stereocenters. The van der Waals surface area contributed by atoms with Gasteiger partial charge in [0, 0.05) is 39.3 Å². The van der Waals surface area contributed by atoms with E-state index in [1.807, 2.05) is 0 Å². The van der Waals surface area contributed by atoms with E-state index < -0.39 is 0 Å². The van der Waals surface area contributed by atoms with Gasteiger partial charge >= 0.3 is 0 Å². The highest BCUT2D eigenvalue weighted by Gasteiger charge is 2.19. The first kappa shape index (κ1) is 11.7. The molecule has 4 heteroatoms. The van der Waals surface area contributed by atoms with Gasteiger partial charge in [-0.3, -0.25) is 9.89 Å². The molecule has 0 saturated carbocycles. The van der Waals surface area contributed by atoms with Crippen molar-refractivity contribution < 1.29 is 0 Å². The molecule has 1 fully saturated rings. The van der Waals surface area contributed by atoms with Gasteiger partial charge in [0.05, 0.1) is 0 Å². The quantitative estimate of drug-likeness (QED) is 0.710. The summed E-state index contributed by atoms with van der Waals surface area (Å²) < 4.78 is 0. The predicted octanol–water partition coefficient (Wildman–Crippen LogP) is 0.568. The molecule has 0 aromatic carbocycles. The smallest absolute Gasteiger partial charge is 0.194 e. The molecule has 4 nitrogen and oxygen atoms in total. The lowest BCUT2D eigenvalue weighted by Crippen LogP contribution is -2.53. The molecule has 0 aliphatic carbocycles. The molecule has 2 aliphatic rings. The van der Waals surface area contributed by atoms with Gasteiger partial charge in [0.2, 0.25) is 0 Å². The molecule has 0 radical (unpaired) electrons. The summed E-state index contributed by atoms with van der Waals surface area (Å²) in [6, 6.07) is 0. The fraction of sp³-hybridized carbons (Fsp3) is 0.833. The van der Waals surface area contributed by atoms with Gasteiger partial charge in [0.1, 0.15) is 0 Å². The Kier molecular flexibility index (Phi) is 4.45. The van der Waals surface area contributed by atoms with Crippen molar-refractivity contribution in [1.29, 1.82) is 0 Å². The molecule has 1 saturated heterocycles. The van der Waals surface area contributed by atoms with Crippen molar-refractivity contribution in [3.63, 3.8) is 0 Å². The fourth-order valence-corrected chi connectivity index (χ4v) is 2.25. The summed E-state index contributed by atoms with van der Waals surface area (Å²) >= 11 is 0. The monoisotopic (exact) mass is 223 g/mol. The predicted molar refractivity (Wildman–Crippen MR) is 67.5 cm³/mol. The van der Waals surface area contributed by atoms with Gasteiger partial charge in [-0.05, 0) is 13.0 Å². The van der Waals surface area contributed by atoms with Crippen molar-refractivity contribution in [1.82, 2.24) is 15.1 Å². The highest BCUT2D eigenvalue weighted by molar-refractivity contribution is 5.80. The normalized spacial score (nSPS) is 22.8. The van der Waals surface area contributed by atoms with Crippen LogP contribution in [0.2, 0.25) is 0 Å². The van der Waals surface area contributed by atoms with Crippen molar-refractivity contribution in [3.05, 3.63) is 6.92 Å².